The summed E-state index contributed by atoms with van der Waals surface area (Å²) in [6.07, 6.45) is 1.30. The molecule has 2 rings (SSSR count). The highest BCUT2D eigenvalue weighted by Gasteiger charge is 2.23. The van der Waals surface area contributed by atoms with E-state index in [1.807, 2.05) is 0 Å². The number of rotatable bonds is 5. The lowest BCUT2D eigenvalue weighted by atomic mass is 10.1. The van der Waals surface area contributed by atoms with Gasteiger partial charge in [-0.2, -0.15) is 5.10 Å². The molecule has 0 aromatic carbocycles. The molecule has 1 aromatic heterocycles. The second kappa shape index (κ2) is 7.30. The molecule has 0 spiro atoms. The maximum Gasteiger partial charge on any atom is 0.257 e. The van der Waals surface area contributed by atoms with E-state index in [0.29, 0.717) is 6.54 Å². The molecular weight excluding hydrogens is 314 g/mol. The van der Waals surface area contributed by atoms with Gasteiger partial charge < -0.3 is 5.32 Å². The second-order valence-electron chi connectivity index (χ2n) is 4.45. The van der Waals surface area contributed by atoms with Crippen molar-refractivity contribution in [2.45, 2.75) is 36.7 Å². The number of alkyl halides is 2. The molecule has 0 aliphatic carbocycles. The van der Waals surface area contributed by atoms with Crippen molar-refractivity contribution in [1.82, 2.24) is 19.8 Å². The number of nitrogens with one attached hydrogen (secondary N) is 2. The van der Waals surface area contributed by atoms with Crippen molar-refractivity contribution < 1.29 is 17.2 Å². The van der Waals surface area contributed by atoms with E-state index in [4.69, 9.17) is 0 Å². The van der Waals surface area contributed by atoms with E-state index in [1.54, 1.807) is 0 Å². The first-order valence-electron chi connectivity index (χ1n) is 6.01. The van der Waals surface area contributed by atoms with Crippen LogP contribution in [0, 0.1) is 0 Å². The quantitative estimate of drug-likeness (QED) is 0.829. The maximum absolute atomic E-state index is 12.2. The molecule has 1 aliphatic rings. The van der Waals surface area contributed by atoms with Crippen LogP contribution in [-0.2, 0) is 16.6 Å². The van der Waals surface area contributed by atoms with Crippen LogP contribution in [-0.4, -0.2) is 43.8 Å². The highest BCUT2D eigenvalue weighted by molar-refractivity contribution is 7.89. The van der Waals surface area contributed by atoms with Gasteiger partial charge in [0, 0.05) is 18.8 Å². The smallest absolute Gasteiger partial charge is 0.257 e. The molecule has 1 saturated heterocycles. The molecule has 0 saturated carbocycles. The first-order valence-corrected chi connectivity index (χ1v) is 7.49. The Morgan fingerprint density at radius 1 is 1.55 bits per heavy atom. The summed E-state index contributed by atoms with van der Waals surface area (Å²) in [5, 5.41) is 6.71. The van der Waals surface area contributed by atoms with Gasteiger partial charge in [0.2, 0.25) is 10.0 Å². The van der Waals surface area contributed by atoms with Crippen LogP contribution in [0.25, 0.3) is 0 Å². The Hall–Kier alpha value is -0.770. The van der Waals surface area contributed by atoms with Gasteiger partial charge in [-0.25, -0.2) is 21.9 Å². The van der Waals surface area contributed by atoms with Gasteiger partial charge in [-0.3, -0.25) is 4.68 Å². The molecule has 1 atom stereocenters. The molecule has 0 amide bonds. The molecule has 20 heavy (non-hydrogen) atoms. The van der Waals surface area contributed by atoms with Crippen molar-refractivity contribution in [3.63, 3.8) is 0 Å². The highest BCUT2D eigenvalue weighted by Crippen LogP contribution is 2.11. The number of piperidine rings is 1. The fourth-order valence-electron chi connectivity index (χ4n) is 1.96. The van der Waals surface area contributed by atoms with Crippen molar-refractivity contribution in [1.29, 1.82) is 0 Å². The van der Waals surface area contributed by atoms with Crippen molar-refractivity contribution in [3.05, 3.63) is 12.4 Å². The Balaban J connectivity index is 0.00000200. The molecule has 2 N–H and O–H groups in total. The highest BCUT2D eigenvalue weighted by atomic mass is 35.5. The summed E-state index contributed by atoms with van der Waals surface area (Å²) in [6, 6.07) is -0.169. The molecule has 6 nitrogen and oxygen atoms in total. The predicted octanol–water partition coefficient (Wildman–Crippen LogP) is 0.600. The number of hydrogen-bond acceptors (Lipinski definition) is 4. The number of nitrogens with zero attached hydrogens (tertiary/aromatic N) is 2. The SMILES string of the molecule is Cl.O=S(=O)(NC1CCCNC1)c1cnn(CC(F)F)c1. The van der Waals surface area contributed by atoms with E-state index in [2.05, 4.69) is 15.1 Å². The minimum Gasteiger partial charge on any atom is -0.315 e. The average Bonchev–Trinajstić information content (AvgIpc) is 2.78. The fraction of sp³-hybridized carbons (Fsp3) is 0.700. The Morgan fingerprint density at radius 3 is 2.90 bits per heavy atom. The average molecular weight is 331 g/mol. The van der Waals surface area contributed by atoms with Crippen LogP contribution in [0.3, 0.4) is 0 Å². The molecule has 1 unspecified atom stereocenters. The lowest BCUT2D eigenvalue weighted by molar-refractivity contribution is 0.121. The lowest BCUT2D eigenvalue weighted by Crippen LogP contribution is -2.45. The van der Waals surface area contributed by atoms with Crippen LogP contribution < -0.4 is 10.0 Å². The summed E-state index contributed by atoms with van der Waals surface area (Å²) in [4.78, 5) is -0.0845. The zero-order valence-electron chi connectivity index (χ0n) is 10.6. The van der Waals surface area contributed by atoms with E-state index in [9.17, 15) is 17.2 Å². The number of aromatic nitrogens is 2. The van der Waals surface area contributed by atoms with Crippen LogP contribution in [0.4, 0.5) is 8.78 Å². The van der Waals surface area contributed by atoms with Gasteiger partial charge >= 0.3 is 0 Å². The van der Waals surface area contributed by atoms with E-state index in [1.165, 1.54) is 0 Å². The van der Waals surface area contributed by atoms with E-state index < -0.39 is 23.0 Å². The van der Waals surface area contributed by atoms with Crippen molar-refractivity contribution in [3.8, 4) is 0 Å². The van der Waals surface area contributed by atoms with Crippen LogP contribution in [0.15, 0.2) is 17.3 Å². The van der Waals surface area contributed by atoms with Crippen LogP contribution in [0.1, 0.15) is 12.8 Å². The normalized spacial score (nSPS) is 19.9. The number of hydrogen-bond donors (Lipinski definition) is 2. The molecule has 0 bridgehead atoms. The summed E-state index contributed by atoms with van der Waals surface area (Å²) in [7, 11) is -3.69. The largest absolute Gasteiger partial charge is 0.315 e. The molecule has 10 heteroatoms. The Labute approximate surface area is 122 Å². The third-order valence-electron chi connectivity index (χ3n) is 2.86. The third kappa shape index (κ3) is 4.65. The summed E-state index contributed by atoms with van der Waals surface area (Å²) in [6.45, 7) is 0.843. The predicted molar refractivity (Wildman–Crippen MR) is 71.7 cm³/mol. The minimum atomic E-state index is -3.69. The first-order chi connectivity index (χ1) is 8.97. The number of halogens is 3. The summed E-state index contributed by atoms with van der Waals surface area (Å²) in [5.41, 5.74) is 0. The Bertz CT molecular complexity index is 517. The van der Waals surface area contributed by atoms with E-state index in [-0.39, 0.29) is 23.3 Å². The van der Waals surface area contributed by atoms with Crippen LogP contribution in [0.5, 0.6) is 0 Å². The lowest BCUT2D eigenvalue weighted by Gasteiger charge is -2.23. The van der Waals surface area contributed by atoms with E-state index in [0.717, 1.165) is 36.5 Å². The second-order valence-corrected chi connectivity index (χ2v) is 6.17. The summed E-state index contributed by atoms with van der Waals surface area (Å²) in [5.74, 6) is 0. The molecule has 1 fully saturated rings. The van der Waals surface area contributed by atoms with Crippen LogP contribution >= 0.6 is 12.4 Å². The zero-order valence-corrected chi connectivity index (χ0v) is 12.3. The van der Waals surface area contributed by atoms with Crippen molar-refractivity contribution >= 4 is 22.4 Å². The van der Waals surface area contributed by atoms with Crippen LogP contribution in [0.2, 0.25) is 0 Å². The zero-order chi connectivity index (χ0) is 13.9. The Morgan fingerprint density at radius 2 is 2.30 bits per heavy atom. The monoisotopic (exact) mass is 330 g/mol. The molecule has 116 valence electrons. The molecule has 1 aromatic rings. The van der Waals surface area contributed by atoms with Gasteiger partial charge in [-0.15, -0.1) is 12.4 Å². The van der Waals surface area contributed by atoms with Gasteiger partial charge in [0.1, 0.15) is 11.4 Å². The van der Waals surface area contributed by atoms with Gasteiger partial charge in [0.05, 0.1) is 6.20 Å². The third-order valence-corrected chi connectivity index (χ3v) is 4.34. The van der Waals surface area contributed by atoms with Gasteiger partial charge in [-0.05, 0) is 19.4 Å². The van der Waals surface area contributed by atoms with Crippen molar-refractivity contribution in [2.75, 3.05) is 13.1 Å². The summed E-state index contributed by atoms with van der Waals surface area (Å²) >= 11 is 0. The van der Waals surface area contributed by atoms with Gasteiger partial charge in [0.25, 0.3) is 6.43 Å². The topological polar surface area (TPSA) is 76.0 Å². The summed E-state index contributed by atoms with van der Waals surface area (Å²) < 4.78 is 51.8. The molecule has 1 aliphatic heterocycles. The molecular formula is C10H17ClF2N4O2S. The number of sulfonamides is 1. The standard InChI is InChI=1S/C10H16F2N4O2S.ClH/c11-10(12)7-16-6-9(5-14-16)19(17,18)15-8-2-1-3-13-4-8;/h5-6,8,10,13,15H,1-4,7H2;1H. The van der Waals surface area contributed by atoms with E-state index >= 15 is 0 Å². The first kappa shape index (κ1) is 17.3. The minimum absolute atomic E-state index is 0. The Kier molecular flexibility index (Phi) is 6.31. The molecule has 0 radical (unpaired) electrons. The van der Waals surface area contributed by atoms with Crippen molar-refractivity contribution in [2.24, 2.45) is 0 Å². The fourth-order valence-corrected chi connectivity index (χ4v) is 3.19. The van der Waals surface area contributed by atoms with Gasteiger partial charge in [-0.1, -0.05) is 0 Å². The molecule has 2 heterocycles. The maximum atomic E-state index is 12.2. The van der Waals surface area contributed by atoms with Gasteiger partial charge in [0.15, 0.2) is 0 Å².